The first-order valence-corrected chi connectivity index (χ1v) is 12.0. The molecular weight excluding hydrogens is 376 g/mol. The van der Waals surface area contributed by atoms with Crippen molar-refractivity contribution >= 4 is 9.84 Å². The second-order valence-electron chi connectivity index (χ2n) is 8.19. The molecule has 0 amide bonds. The standard InChI is InChI=1S/C22H36O5S/c1-16(2)28(23,24)15-18-11-9-17(10-12-18)7-6-8-19-13-20(25-3)22(27-5)21(14-19)26-4/h13-14,16-18H,6-12,15H2,1-5H3. The fourth-order valence-corrected chi connectivity index (χ4v) is 5.46. The van der Waals surface area contributed by atoms with Crippen molar-refractivity contribution in [2.45, 2.75) is 64.0 Å². The molecule has 0 unspecified atom stereocenters. The number of hydrogen-bond donors (Lipinski definition) is 0. The van der Waals surface area contributed by atoms with Gasteiger partial charge in [-0.05, 0) is 69.1 Å². The lowest BCUT2D eigenvalue weighted by atomic mass is 9.80. The van der Waals surface area contributed by atoms with Gasteiger partial charge in [0.25, 0.3) is 0 Å². The van der Waals surface area contributed by atoms with Crippen LogP contribution < -0.4 is 14.2 Å². The van der Waals surface area contributed by atoms with Gasteiger partial charge in [0, 0.05) is 0 Å². The number of rotatable bonds is 10. The van der Waals surface area contributed by atoms with Gasteiger partial charge in [0.15, 0.2) is 21.3 Å². The monoisotopic (exact) mass is 412 g/mol. The van der Waals surface area contributed by atoms with Crippen LogP contribution in [0.5, 0.6) is 17.2 Å². The number of ether oxygens (including phenoxy) is 3. The lowest BCUT2D eigenvalue weighted by Gasteiger charge is -2.28. The number of methoxy groups -OCH3 is 3. The summed E-state index contributed by atoms with van der Waals surface area (Å²) in [7, 11) is 1.97. The Morgan fingerprint density at radius 3 is 1.93 bits per heavy atom. The van der Waals surface area contributed by atoms with E-state index < -0.39 is 9.84 Å². The van der Waals surface area contributed by atoms with E-state index in [-0.39, 0.29) is 5.25 Å². The number of hydrogen-bond acceptors (Lipinski definition) is 5. The Hall–Kier alpha value is -1.43. The van der Waals surface area contributed by atoms with Gasteiger partial charge in [-0.25, -0.2) is 8.42 Å². The molecule has 0 heterocycles. The molecule has 0 spiro atoms. The second-order valence-corrected chi connectivity index (χ2v) is 10.8. The predicted octanol–water partition coefficient (Wildman–Crippen LogP) is 4.66. The van der Waals surface area contributed by atoms with Crippen LogP contribution in [0.2, 0.25) is 0 Å². The summed E-state index contributed by atoms with van der Waals surface area (Å²) in [5.74, 6) is 3.44. The first kappa shape index (κ1) is 22.9. The minimum atomic E-state index is -2.92. The normalized spacial score (nSPS) is 20.2. The van der Waals surface area contributed by atoms with Gasteiger partial charge in [0.2, 0.25) is 5.75 Å². The summed E-state index contributed by atoms with van der Waals surface area (Å²) in [6, 6.07) is 4.05. The van der Waals surface area contributed by atoms with Gasteiger partial charge in [0.05, 0.1) is 32.3 Å². The van der Waals surface area contributed by atoms with Crippen LogP contribution in [0, 0.1) is 11.8 Å². The molecule has 160 valence electrons. The van der Waals surface area contributed by atoms with E-state index in [9.17, 15) is 8.42 Å². The maximum atomic E-state index is 12.1. The van der Waals surface area contributed by atoms with Crippen LogP contribution in [-0.2, 0) is 16.3 Å². The average molecular weight is 413 g/mol. The summed E-state index contributed by atoms with van der Waals surface area (Å²) < 4.78 is 40.5. The van der Waals surface area contributed by atoms with E-state index in [0.717, 1.165) is 38.5 Å². The lowest BCUT2D eigenvalue weighted by Crippen LogP contribution is -2.26. The molecular formula is C22H36O5S. The lowest BCUT2D eigenvalue weighted by molar-refractivity contribution is 0.274. The molecule has 1 aromatic carbocycles. The maximum Gasteiger partial charge on any atom is 0.203 e. The summed E-state index contributed by atoms with van der Waals surface area (Å²) in [4.78, 5) is 0. The summed E-state index contributed by atoms with van der Waals surface area (Å²) in [5.41, 5.74) is 1.19. The van der Waals surface area contributed by atoms with E-state index in [4.69, 9.17) is 14.2 Å². The Labute approximate surface area is 170 Å². The number of benzene rings is 1. The van der Waals surface area contributed by atoms with Crippen molar-refractivity contribution in [3.63, 3.8) is 0 Å². The average Bonchev–Trinajstić information content (AvgIpc) is 2.68. The molecule has 0 bridgehead atoms. The molecule has 2 rings (SSSR count). The largest absolute Gasteiger partial charge is 0.493 e. The van der Waals surface area contributed by atoms with Gasteiger partial charge in [-0.2, -0.15) is 0 Å². The first-order chi connectivity index (χ1) is 13.3. The Balaban J connectivity index is 1.82. The van der Waals surface area contributed by atoms with Crippen LogP contribution in [0.1, 0.15) is 57.9 Å². The van der Waals surface area contributed by atoms with Gasteiger partial charge in [-0.3, -0.25) is 0 Å². The van der Waals surface area contributed by atoms with Crippen molar-refractivity contribution in [3.05, 3.63) is 17.7 Å². The second kappa shape index (κ2) is 10.4. The molecule has 1 aliphatic carbocycles. The van der Waals surface area contributed by atoms with E-state index >= 15 is 0 Å². The third-order valence-corrected chi connectivity index (χ3v) is 8.33. The predicted molar refractivity (Wildman–Crippen MR) is 113 cm³/mol. The molecule has 0 aliphatic heterocycles. The summed E-state index contributed by atoms with van der Waals surface area (Å²) >= 11 is 0. The van der Waals surface area contributed by atoms with Crippen LogP contribution in [0.3, 0.4) is 0 Å². The fraction of sp³-hybridized carbons (Fsp3) is 0.727. The van der Waals surface area contributed by atoms with E-state index in [1.165, 1.54) is 12.0 Å². The molecule has 1 fully saturated rings. The van der Waals surface area contributed by atoms with Crippen molar-refractivity contribution < 1.29 is 22.6 Å². The van der Waals surface area contributed by atoms with E-state index in [2.05, 4.69) is 0 Å². The fourth-order valence-electron chi connectivity index (χ4n) is 4.08. The molecule has 0 saturated heterocycles. The molecule has 5 nitrogen and oxygen atoms in total. The molecule has 0 atom stereocenters. The summed E-state index contributed by atoms with van der Waals surface area (Å²) in [5, 5.41) is -0.260. The van der Waals surface area contributed by atoms with Crippen LogP contribution in [0.4, 0.5) is 0 Å². The van der Waals surface area contributed by atoms with Gasteiger partial charge in [0.1, 0.15) is 0 Å². The van der Waals surface area contributed by atoms with E-state index in [0.29, 0.717) is 34.8 Å². The molecule has 28 heavy (non-hydrogen) atoms. The quantitative estimate of drug-likeness (QED) is 0.559. The van der Waals surface area contributed by atoms with Crippen LogP contribution >= 0.6 is 0 Å². The Morgan fingerprint density at radius 1 is 0.929 bits per heavy atom. The van der Waals surface area contributed by atoms with Crippen LogP contribution in [-0.4, -0.2) is 40.7 Å². The molecule has 1 saturated carbocycles. The van der Waals surface area contributed by atoms with E-state index in [1.807, 2.05) is 12.1 Å². The van der Waals surface area contributed by atoms with Crippen LogP contribution in [0.25, 0.3) is 0 Å². The van der Waals surface area contributed by atoms with Crippen molar-refractivity contribution in [1.29, 1.82) is 0 Å². The third kappa shape index (κ3) is 6.03. The van der Waals surface area contributed by atoms with Crippen molar-refractivity contribution in [3.8, 4) is 17.2 Å². The summed E-state index contributed by atoms with van der Waals surface area (Å²) in [6.45, 7) is 3.56. The topological polar surface area (TPSA) is 61.8 Å². The zero-order chi connectivity index (χ0) is 20.7. The molecule has 1 aromatic rings. The Bertz CT molecular complexity index is 693. The minimum absolute atomic E-state index is 0.260. The highest BCUT2D eigenvalue weighted by Gasteiger charge is 2.27. The molecule has 0 radical (unpaired) electrons. The van der Waals surface area contributed by atoms with Gasteiger partial charge in [-0.1, -0.05) is 19.3 Å². The van der Waals surface area contributed by atoms with Crippen molar-refractivity contribution in [2.75, 3.05) is 27.1 Å². The highest BCUT2D eigenvalue weighted by molar-refractivity contribution is 7.91. The molecule has 6 heteroatoms. The first-order valence-electron chi connectivity index (χ1n) is 10.3. The van der Waals surface area contributed by atoms with Crippen LogP contribution in [0.15, 0.2) is 12.1 Å². The van der Waals surface area contributed by atoms with E-state index in [1.54, 1.807) is 35.2 Å². The number of aryl methyl sites for hydroxylation is 1. The van der Waals surface area contributed by atoms with Crippen molar-refractivity contribution in [1.82, 2.24) is 0 Å². The van der Waals surface area contributed by atoms with Gasteiger partial charge >= 0.3 is 0 Å². The highest BCUT2D eigenvalue weighted by atomic mass is 32.2. The minimum Gasteiger partial charge on any atom is -0.493 e. The van der Waals surface area contributed by atoms with Crippen molar-refractivity contribution in [2.24, 2.45) is 11.8 Å². The SMILES string of the molecule is COc1cc(CCCC2CCC(CS(=O)(=O)C(C)C)CC2)cc(OC)c1OC. The smallest absolute Gasteiger partial charge is 0.203 e. The molecule has 0 N–H and O–H groups in total. The highest BCUT2D eigenvalue weighted by Crippen LogP contribution is 2.39. The van der Waals surface area contributed by atoms with Gasteiger partial charge < -0.3 is 14.2 Å². The molecule has 1 aliphatic rings. The summed E-state index contributed by atoms with van der Waals surface area (Å²) in [6.07, 6.45) is 7.64. The van der Waals surface area contributed by atoms with Gasteiger partial charge in [-0.15, -0.1) is 0 Å². The third-order valence-electron chi connectivity index (χ3n) is 5.95. The Kier molecular flexibility index (Phi) is 8.47. The number of sulfone groups is 1. The maximum absolute atomic E-state index is 12.1. The molecule has 0 aromatic heterocycles. The zero-order valence-electron chi connectivity index (χ0n) is 18.0. The Morgan fingerprint density at radius 2 is 1.46 bits per heavy atom. The zero-order valence-corrected chi connectivity index (χ0v) is 18.8.